The molecule has 1 aliphatic rings. The summed E-state index contributed by atoms with van der Waals surface area (Å²) in [7, 11) is 0. The van der Waals surface area contributed by atoms with E-state index in [0.29, 0.717) is 6.61 Å². The zero-order valence-electron chi connectivity index (χ0n) is 7.06. The van der Waals surface area contributed by atoms with Crippen LogP contribution in [0.25, 0.3) is 0 Å². The van der Waals surface area contributed by atoms with Crippen LogP contribution < -0.4 is 10.6 Å². The molecular weight excluding hydrogens is 170 g/mol. The molecule has 1 aromatic carbocycles. The van der Waals surface area contributed by atoms with Gasteiger partial charge < -0.3 is 14.7 Å². The minimum absolute atomic E-state index is 0.0261. The van der Waals surface area contributed by atoms with E-state index in [1.165, 1.54) is 0 Å². The predicted octanol–water partition coefficient (Wildman–Crippen LogP) is 0.586. The highest BCUT2D eigenvalue weighted by Gasteiger charge is 2.22. The molecule has 0 saturated carbocycles. The first-order valence-electron chi connectivity index (χ1n) is 4.10. The minimum Gasteiger partial charge on any atom is -0.508 e. The highest BCUT2D eigenvalue weighted by molar-refractivity contribution is 5.42. The lowest BCUT2D eigenvalue weighted by molar-refractivity contribution is 0.0609. The van der Waals surface area contributed by atoms with E-state index >= 15 is 0 Å². The maximum Gasteiger partial charge on any atom is 0.128 e. The molecule has 13 heavy (non-hydrogen) atoms. The molecule has 0 aliphatic carbocycles. The molecule has 0 fully saturated rings. The van der Waals surface area contributed by atoms with Crippen molar-refractivity contribution in [3.63, 3.8) is 0 Å². The number of benzene rings is 1. The third-order valence-electron chi connectivity index (χ3n) is 2.07. The molecule has 0 spiro atoms. The summed E-state index contributed by atoms with van der Waals surface area (Å²) >= 11 is 0. The zero-order chi connectivity index (χ0) is 9.26. The van der Waals surface area contributed by atoms with Gasteiger partial charge in [0.1, 0.15) is 24.2 Å². The Bertz CT molecular complexity index is 314. The third-order valence-corrected chi connectivity index (χ3v) is 2.07. The Morgan fingerprint density at radius 1 is 1.62 bits per heavy atom. The van der Waals surface area contributed by atoms with Crippen LogP contribution in [0, 0.1) is 0 Å². The lowest BCUT2D eigenvalue weighted by atomic mass is 10.1. The number of rotatable bonds is 2. The van der Waals surface area contributed by atoms with E-state index in [0.717, 1.165) is 17.7 Å². The first kappa shape index (κ1) is 8.34. The van der Waals surface area contributed by atoms with E-state index in [9.17, 15) is 5.11 Å². The summed E-state index contributed by atoms with van der Waals surface area (Å²) in [4.78, 5) is 4.50. The fraction of sp³-hybridized carbons (Fsp3) is 0.333. The Kier molecular flexibility index (Phi) is 2.08. The van der Waals surface area contributed by atoms with E-state index in [1.54, 1.807) is 18.2 Å². The van der Waals surface area contributed by atoms with Crippen LogP contribution >= 0.6 is 0 Å². The average molecular weight is 181 g/mol. The van der Waals surface area contributed by atoms with Gasteiger partial charge in [0.2, 0.25) is 0 Å². The van der Waals surface area contributed by atoms with Crippen molar-refractivity contribution in [2.75, 3.05) is 6.61 Å². The third kappa shape index (κ3) is 1.59. The van der Waals surface area contributed by atoms with Crippen molar-refractivity contribution >= 4 is 0 Å². The number of fused-ring (bicyclic) bond motifs is 1. The smallest absolute Gasteiger partial charge is 0.128 e. The second kappa shape index (κ2) is 3.24. The maximum atomic E-state index is 9.20. The van der Waals surface area contributed by atoms with Gasteiger partial charge in [-0.15, -0.1) is 0 Å². The normalized spacial score (nSPS) is 19.6. The van der Waals surface area contributed by atoms with Crippen LogP contribution in [0.1, 0.15) is 5.56 Å². The van der Waals surface area contributed by atoms with Gasteiger partial charge in [-0.1, -0.05) is 0 Å². The minimum atomic E-state index is -0.0261. The molecule has 0 saturated heterocycles. The van der Waals surface area contributed by atoms with Gasteiger partial charge in [0.25, 0.3) is 0 Å². The van der Waals surface area contributed by atoms with Crippen LogP contribution in [-0.4, -0.2) is 17.8 Å². The maximum absolute atomic E-state index is 9.20. The molecule has 0 bridgehead atoms. The fourth-order valence-electron chi connectivity index (χ4n) is 1.51. The van der Waals surface area contributed by atoms with Crippen LogP contribution in [0.15, 0.2) is 18.2 Å². The average Bonchev–Trinajstić information content (AvgIpc) is 2.46. The number of ether oxygens (including phenoxy) is 1. The van der Waals surface area contributed by atoms with Crippen molar-refractivity contribution in [3.05, 3.63) is 23.8 Å². The highest BCUT2D eigenvalue weighted by atomic mass is 16.6. The van der Waals surface area contributed by atoms with E-state index < -0.39 is 0 Å². The standard InChI is InChI=1S/C9H11NO3/c10-12-5-8-4-6-3-7(11)1-2-9(6)13-8/h1-3,8,11H,4-5,10H2. The van der Waals surface area contributed by atoms with E-state index in [2.05, 4.69) is 4.84 Å². The van der Waals surface area contributed by atoms with Crippen molar-refractivity contribution in [1.29, 1.82) is 0 Å². The van der Waals surface area contributed by atoms with Crippen molar-refractivity contribution in [2.45, 2.75) is 12.5 Å². The molecule has 1 heterocycles. The zero-order valence-corrected chi connectivity index (χ0v) is 7.06. The topological polar surface area (TPSA) is 64.7 Å². The second-order valence-corrected chi connectivity index (χ2v) is 3.07. The van der Waals surface area contributed by atoms with Gasteiger partial charge in [0, 0.05) is 12.0 Å². The fourth-order valence-corrected chi connectivity index (χ4v) is 1.51. The first-order chi connectivity index (χ1) is 6.29. The van der Waals surface area contributed by atoms with Gasteiger partial charge in [-0.2, -0.15) is 0 Å². The van der Waals surface area contributed by atoms with Crippen LogP contribution in [0.4, 0.5) is 0 Å². The Morgan fingerprint density at radius 2 is 2.46 bits per heavy atom. The van der Waals surface area contributed by atoms with Crippen LogP contribution in [0.5, 0.6) is 11.5 Å². The van der Waals surface area contributed by atoms with E-state index in [-0.39, 0.29) is 11.9 Å². The molecule has 0 radical (unpaired) electrons. The summed E-state index contributed by atoms with van der Waals surface area (Å²) in [6, 6.07) is 5.05. The summed E-state index contributed by atoms with van der Waals surface area (Å²) < 4.78 is 5.49. The molecule has 70 valence electrons. The second-order valence-electron chi connectivity index (χ2n) is 3.07. The molecule has 1 aliphatic heterocycles. The summed E-state index contributed by atoms with van der Waals surface area (Å²) in [6.45, 7) is 0.370. The Hall–Kier alpha value is -1.26. The van der Waals surface area contributed by atoms with E-state index in [4.69, 9.17) is 10.6 Å². The Balaban J connectivity index is 2.16. The monoisotopic (exact) mass is 181 g/mol. The highest BCUT2D eigenvalue weighted by Crippen LogP contribution is 2.31. The van der Waals surface area contributed by atoms with E-state index in [1.807, 2.05) is 0 Å². The molecule has 1 atom stereocenters. The molecule has 1 unspecified atom stereocenters. The van der Waals surface area contributed by atoms with Gasteiger partial charge in [-0.3, -0.25) is 0 Å². The molecule has 3 N–H and O–H groups in total. The summed E-state index contributed by atoms with van der Waals surface area (Å²) in [5.74, 6) is 6.01. The van der Waals surface area contributed by atoms with Gasteiger partial charge in [-0.05, 0) is 18.2 Å². The molecule has 1 aromatic rings. The SMILES string of the molecule is NOCC1Cc2cc(O)ccc2O1. The van der Waals surface area contributed by atoms with Gasteiger partial charge in [0.15, 0.2) is 0 Å². The Labute approximate surface area is 75.8 Å². The van der Waals surface area contributed by atoms with Crippen LogP contribution in [0.3, 0.4) is 0 Å². The molecule has 0 aromatic heterocycles. The number of nitrogens with two attached hydrogens (primary N) is 1. The lowest BCUT2D eigenvalue weighted by Crippen LogP contribution is -2.22. The largest absolute Gasteiger partial charge is 0.508 e. The van der Waals surface area contributed by atoms with Crippen molar-refractivity contribution in [1.82, 2.24) is 0 Å². The number of hydrogen-bond acceptors (Lipinski definition) is 4. The van der Waals surface area contributed by atoms with Crippen molar-refractivity contribution in [2.24, 2.45) is 5.90 Å². The predicted molar refractivity (Wildman–Crippen MR) is 46.4 cm³/mol. The molecule has 4 nitrogen and oxygen atoms in total. The summed E-state index contributed by atoms with van der Waals surface area (Å²) in [5.41, 5.74) is 1.00. The van der Waals surface area contributed by atoms with Gasteiger partial charge >= 0.3 is 0 Å². The number of phenols is 1. The quantitative estimate of drug-likeness (QED) is 0.655. The van der Waals surface area contributed by atoms with Crippen LogP contribution in [0.2, 0.25) is 0 Å². The van der Waals surface area contributed by atoms with Gasteiger partial charge in [-0.25, -0.2) is 5.90 Å². The Morgan fingerprint density at radius 3 is 3.23 bits per heavy atom. The first-order valence-corrected chi connectivity index (χ1v) is 4.10. The summed E-state index contributed by atoms with van der Waals surface area (Å²) in [6.07, 6.45) is 0.711. The molecule has 4 heteroatoms. The van der Waals surface area contributed by atoms with Gasteiger partial charge in [0.05, 0.1) is 0 Å². The number of aromatic hydroxyl groups is 1. The molecule has 0 amide bonds. The number of hydrogen-bond donors (Lipinski definition) is 2. The molecular formula is C9H11NO3. The lowest BCUT2D eigenvalue weighted by Gasteiger charge is -2.07. The molecule has 2 rings (SSSR count). The van der Waals surface area contributed by atoms with Crippen LogP contribution in [-0.2, 0) is 11.3 Å². The van der Waals surface area contributed by atoms with Crippen molar-refractivity contribution < 1.29 is 14.7 Å². The van der Waals surface area contributed by atoms with Crippen molar-refractivity contribution in [3.8, 4) is 11.5 Å². The summed E-state index contributed by atoms with van der Waals surface area (Å²) in [5, 5.41) is 9.20. The number of phenolic OH excluding ortho intramolecular Hbond substituents is 1.